The van der Waals surface area contributed by atoms with E-state index in [1.807, 2.05) is 17.6 Å². The van der Waals surface area contributed by atoms with Crippen molar-refractivity contribution in [2.24, 2.45) is 5.73 Å². The van der Waals surface area contributed by atoms with Crippen LogP contribution in [0.25, 0.3) is 0 Å². The van der Waals surface area contributed by atoms with Crippen LogP contribution < -0.4 is 5.73 Å². The van der Waals surface area contributed by atoms with E-state index in [0.717, 1.165) is 5.82 Å². The molecule has 8 heteroatoms. The average molecular weight is 387 g/mol. The second-order valence-corrected chi connectivity index (χ2v) is 6.49. The van der Waals surface area contributed by atoms with Gasteiger partial charge in [-0.15, -0.1) is 10.2 Å². The molecule has 0 aliphatic rings. The van der Waals surface area contributed by atoms with Crippen LogP contribution in [-0.4, -0.2) is 20.7 Å². The van der Waals surface area contributed by atoms with Gasteiger partial charge in [0.1, 0.15) is 11.6 Å². The molecule has 0 atom stereocenters. The maximum absolute atomic E-state index is 13.8. The molecule has 1 heterocycles. The summed E-state index contributed by atoms with van der Waals surface area (Å²) in [6, 6.07) is 4.99. The van der Waals surface area contributed by atoms with Crippen LogP contribution in [0.5, 0.6) is 0 Å². The number of amides is 1. The minimum Gasteiger partial charge on any atom is -0.370 e. The number of thioether (sulfide) groups is 1. The molecule has 0 aliphatic carbocycles. The van der Waals surface area contributed by atoms with Gasteiger partial charge in [-0.05, 0) is 24.6 Å². The smallest absolute Gasteiger partial charge is 0.217 e. The van der Waals surface area contributed by atoms with Gasteiger partial charge < -0.3 is 10.3 Å². The zero-order valence-corrected chi connectivity index (χ0v) is 14.5. The Morgan fingerprint density at radius 1 is 1.45 bits per heavy atom. The summed E-state index contributed by atoms with van der Waals surface area (Å²) in [5.74, 6) is 0.572. The van der Waals surface area contributed by atoms with Gasteiger partial charge in [0, 0.05) is 29.6 Å². The van der Waals surface area contributed by atoms with Crippen molar-refractivity contribution in [2.75, 3.05) is 0 Å². The number of primary amides is 1. The van der Waals surface area contributed by atoms with Gasteiger partial charge in [0.15, 0.2) is 5.16 Å². The molecule has 1 aromatic carbocycles. The molecular weight excluding hydrogens is 371 g/mol. The first-order valence-corrected chi connectivity index (χ1v) is 8.56. The molecule has 22 heavy (non-hydrogen) atoms. The van der Waals surface area contributed by atoms with Crippen LogP contribution in [0, 0.1) is 5.82 Å². The van der Waals surface area contributed by atoms with E-state index in [4.69, 9.17) is 5.73 Å². The topological polar surface area (TPSA) is 73.8 Å². The van der Waals surface area contributed by atoms with E-state index < -0.39 is 0 Å². The fraction of sp³-hybridized carbons (Fsp3) is 0.357. The zero-order chi connectivity index (χ0) is 16.1. The van der Waals surface area contributed by atoms with Crippen LogP contribution in [0.2, 0.25) is 0 Å². The first-order chi connectivity index (χ1) is 10.5. The third kappa shape index (κ3) is 4.30. The quantitative estimate of drug-likeness (QED) is 0.742. The Morgan fingerprint density at radius 3 is 2.86 bits per heavy atom. The SMILES string of the molecule is CCn1c(CCC(N)=O)nnc1SCc1ccc(Br)cc1F. The highest BCUT2D eigenvalue weighted by Gasteiger charge is 2.13. The second-order valence-electron chi connectivity index (χ2n) is 4.63. The highest BCUT2D eigenvalue weighted by atomic mass is 79.9. The van der Waals surface area contributed by atoms with E-state index >= 15 is 0 Å². The van der Waals surface area contributed by atoms with Crippen LogP contribution in [0.4, 0.5) is 4.39 Å². The van der Waals surface area contributed by atoms with Gasteiger partial charge in [0.05, 0.1) is 0 Å². The normalized spacial score (nSPS) is 10.9. The van der Waals surface area contributed by atoms with E-state index in [1.165, 1.54) is 17.8 Å². The summed E-state index contributed by atoms with van der Waals surface area (Å²) < 4.78 is 16.4. The highest BCUT2D eigenvalue weighted by Crippen LogP contribution is 2.25. The van der Waals surface area contributed by atoms with Gasteiger partial charge in [0.25, 0.3) is 0 Å². The summed E-state index contributed by atoms with van der Waals surface area (Å²) in [7, 11) is 0. The molecule has 1 aromatic heterocycles. The fourth-order valence-corrected chi connectivity index (χ4v) is 3.29. The van der Waals surface area contributed by atoms with Crippen LogP contribution >= 0.6 is 27.7 Å². The molecular formula is C14H16BrFN4OS. The Bertz CT molecular complexity index is 677. The standard InChI is InChI=1S/C14H16BrFN4OS/c1-2-20-13(6-5-12(17)21)18-19-14(20)22-8-9-3-4-10(15)7-11(9)16/h3-4,7H,2,5-6,8H2,1H3,(H2,17,21). The predicted molar refractivity (Wildman–Crippen MR) is 86.9 cm³/mol. The van der Waals surface area contributed by atoms with Crippen LogP contribution in [-0.2, 0) is 23.5 Å². The maximum atomic E-state index is 13.8. The molecule has 2 rings (SSSR count). The highest BCUT2D eigenvalue weighted by molar-refractivity contribution is 9.10. The summed E-state index contributed by atoms with van der Waals surface area (Å²) in [6.45, 7) is 2.66. The number of carbonyl (C=O) groups is 1. The monoisotopic (exact) mass is 386 g/mol. The van der Waals surface area contributed by atoms with Crippen molar-refractivity contribution in [2.45, 2.75) is 37.2 Å². The van der Waals surface area contributed by atoms with Crippen molar-refractivity contribution < 1.29 is 9.18 Å². The number of hydrogen-bond donors (Lipinski definition) is 1. The van der Waals surface area contributed by atoms with Crippen molar-refractivity contribution in [1.82, 2.24) is 14.8 Å². The molecule has 0 saturated heterocycles. The number of nitrogens with zero attached hydrogens (tertiary/aromatic N) is 3. The second kappa shape index (κ2) is 7.73. The minimum absolute atomic E-state index is 0.240. The average Bonchev–Trinajstić information content (AvgIpc) is 2.86. The Morgan fingerprint density at radius 2 is 2.23 bits per heavy atom. The Balaban J connectivity index is 2.07. The molecule has 0 spiro atoms. The van der Waals surface area contributed by atoms with Gasteiger partial charge >= 0.3 is 0 Å². The number of hydrogen-bond acceptors (Lipinski definition) is 4. The number of halogens is 2. The lowest BCUT2D eigenvalue weighted by Gasteiger charge is -2.07. The van der Waals surface area contributed by atoms with Gasteiger partial charge in [0.2, 0.25) is 5.91 Å². The van der Waals surface area contributed by atoms with Crippen LogP contribution in [0.15, 0.2) is 27.8 Å². The van der Waals surface area contributed by atoms with Crippen molar-refractivity contribution >= 4 is 33.6 Å². The van der Waals surface area contributed by atoms with Gasteiger partial charge in [-0.2, -0.15) is 0 Å². The molecule has 0 saturated carbocycles. The summed E-state index contributed by atoms with van der Waals surface area (Å²) in [5.41, 5.74) is 5.76. The number of rotatable bonds is 7. The molecule has 0 unspecified atom stereocenters. The van der Waals surface area contributed by atoms with Crippen molar-refractivity contribution in [3.05, 3.63) is 39.9 Å². The molecule has 0 radical (unpaired) electrons. The molecule has 0 bridgehead atoms. The lowest BCUT2D eigenvalue weighted by atomic mass is 10.2. The third-order valence-electron chi connectivity index (χ3n) is 3.08. The fourth-order valence-electron chi connectivity index (χ4n) is 1.94. The molecule has 0 fully saturated rings. The van der Waals surface area contributed by atoms with Gasteiger partial charge in [-0.1, -0.05) is 33.8 Å². The zero-order valence-electron chi connectivity index (χ0n) is 12.1. The van der Waals surface area contributed by atoms with E-state index in [-0.39, 0.29) is 18.1 Å². The van der Waals surface area contributed by atoms with Crippen molar-refractivity contribution in [1.29, 1.82) is 0 Å². The lowest BCUT2D eigenvalue weighted by Crippen LogP contribution is -2.13. The summed E-state index contributed by atoms with van der Waals surface area (Å²) >= 11 is 4.65. The molecule has 118 valence electrons. The number of aromatic nitrogens is 3. The largest absolute Gasteiger partial charge is 0.370 e. The number of benzene rings is 1. The first kappa shape index (κ1) is 17.0. The molecule has 1 amide bonds. The summed E-state index contributed by atoms with van der Waals surface area (Å²) in [5, 5.41) is 8.92. The Labute approximate surface area is 140 Å². The van der Waals surface area contributed by atoms with E-state index in [1.54, 1.807) is 6.07 Å². The molecule has 2 N–H and O–H groups in total. The van der Waals surface area contributed by atoms with Crippen molar-refractivity contribution in [3.63, 3.8) is 0 Å². The third-order valence-corrected chi connectivity index (χ3v) is 4.59. The van der Waals surface area contributed by atoms with E-state index in [9.17, 15) is 9.18 Å². The number of nitrogens with two attached hydrogens (primary N) is 1. The van der Waals surface area contributed by atoms with Crippen molar-refractivity contribution in [3.8, 4) is 0 Å². The lowest BCUT2D eigenvalue weighted by molar-refractivity contribution is -0.118. The first-order valence-electron chi connectivity index (χ1n) is 6.78. The van der Waals surface area contributed by atoms with Gasteiger partial charge in [-0.3, -0.25) is 4.79 Å². The summed E-state index contributed by atoms with van der Waals surface area (Å²) in [6.07, 6.45) is 0.702. The molecule has 2 aromatic rings. The van der Waals surface area contributed by atoms with Crippen LogP contribution in [0.3, 0.4) is 0 Å². The molecule has 5 nitrogen and oxygen atoms in total. The number of carbonyl (C=O) groups excluding carboxylic acids is 1. The number of aryl methyl sites for hydroxylation is 1. The van der Waals surface area contributed by atoms with Crippen LogP contribution in [0.1, 0.15) is 24.7 Å². The predicted octanol–water partition coefficient (Wildman–Crippen LogP) is 2.91. The minimum atomic E-state index is -0.364. The van der Waals surface area contributed by atoms with E-state index in [0.29, 0.717) is 33.9 Å². The summed E-state index contributed by atoms with van der Waals surface area (Å²) in [4.78, 5) is 10.9. The van der Waals surface area contributed by atoms with Gasteiger partial charge in [-0.25, -0.2) is 4.39 Å². The Hall–Kier alpha value is -1.41. The maximum Gasteiger partial charge on any atom is 0.217 e. The molecule has 0 aliphatic heterocycles. The Kier molecular flexibility index (Phi) is 5.96. The van der Waals surface area contributed by atoms with E-state index in [2.05, 4.69) is 26.1 Å².